The molecule has 3 heterocycles. The molecule has 1 aliphatic carbocycles. The molecule has 116 valence electrons. The fraction of sp³-hybridized carbons (Fsp3) is 0.600. The Kier molecular flexibility index (Phi) is 3.20. The van der Waals surface area contributed by atoms with Crippen LogP contribution in [-0.4, -0.2) is 37.8 Å². The van der Waals surface area contributed by atoms with Gasteiger partial charge in [0.25, 0.3) is 0 Å². The van der Waals surface area contributed by atoms with Crippen molar-refractivity contribution < 1.29 is 0 Å². The molecule has 2 fully saturated rings. The highest BCUT2D eigenvalue weighted by Crippen LogP contribution is 2.38. The van der Waals surface area contributed by atoms with Crippen molar-refractivity contribution in [1.29, 1.82) is 0 Å². The fourth-order valence-corrected chi connectivity index (χ4v) is 3.05. The Balaban J connectivity index is 1.57. The van der Waals surface area contributed by atoms with Crippen molar-refractivity contribution in [3.05, 3.63) is 23.8 Å². The smallest absolute Gasteiger partial charge is 0.230 e. The Morgan fingerprint density at radius 1 is 1.18 bits per heavy atom. The molecular weight excluding hydrogens is 278 g/mol. The molecule has 1 unspecified atom stereocenters. The van der Waals surface area contributed by atoms with E-state index in [1.165, 1.54) is 5.56 Å². The zero-order chi connectivity index (χ0) is 15.1. The van der Waals surface area contributed by atoms with Crippen LogP contribution in [0.2, 0.25) is 0 Å². The van der Waals surface area contributed by atoms with E-state index in [-0.39, 0.29) is 0 Å². The third-order valence-corrected chi connectivity index (χ3v) is 4.38. The maximum Gasteiger partial charge on any atom is 0.230 e. The molecule has 4 rings (SSSR count). The number of piperidine rings is 1. The fourth-order valence-electron chi connectivity index (χ4n) is 3.05. The number of hydrogen-bond acceptors (Lipinski definition) is 6. The van der Waals surface area contributed by atoms with Gasteiger partial charge in [-0.15, -0.1) is 0 Å². The number of hydrogen-bond donors (Lipinski definition) is 1. The SMILES string of the molecule is Cc1cnn(C2CCCN(c3nc(N)nc(C4CC4)n3)C2)c1. The quantitative estimate of drug-likeness (QED) is 0.928. The van der Waals surface area contributed by atoms with Gasteiger partial charge in [-0.25, -0.2) is 0 Å². The second-order valence-electron chi connectivity index (χ2n) is 6.37. The number of rotatable bonds is 3. The van der Waals surface area contributed by atoms with E-state index >= 15 is 0 Å². The van der Waals surface area contributed by atoms with Gasteiger partial charge >= 0.3 is 0 Å². The Bertz CT molecular complexity index is 676. The molecule has 2 aromatic rings. The molecule has 0 spiro atoms. The Labute approximate surface area is 129 Å². The van der Waals surface area contributed by atoms with Gasteiger partial charge in [-0.2, -0.15) is 20.1 Å². The van der Waals surface area contributed by atoms with Crippen molar-refractivity contribution in [2.45, 2.75) is 44.6 Å². The number of nitrogens with two attached hydrogens (primary N) is 1. The second kappa shape index (κ2) is 5.23. The van der Waals surface area contributed by atoms with E-state index in [1.54, 1.807) is 0 Å². The van der Waals surface area contributed by atoms with Crippen LogP contribution in [0.3, 0.4) is 0 Å². The average molecular weight is 299 g/mol. The first-order valence-electron chi connectivity index (χ1n) is 7.96. The van der Waals surface area contributed by atoms with E-state index < -0.39 is 0 Å². The Morgan fingerprint density at radius 3 is 2.77 bits per heavy atom. The van der Waals surface area contributed by atoms with Crippen LogP contribution in [0.15, 0.2) is 12.4 Å². The van der Waals surface area contributed by atoms with Crippen LogP contribution >= 0.6 is 0 Å². The third kappa shape index (κ3) is 2.63. The monoisotopic (exact) mass is 299 g/mol. The van der Waals surface area contributed by atoms with Crippen molar-refractivity contribution in [3.63, 3.8) is 0 Å². The van der Waals surface area contributed by atoms with Crippen LogP contribution in [0.4, 0.5) is 11.9 Å². The summed E-state index contributed by atoms with van der Waals surface area (Å²) in [5.41, 5.74) is 7.07. The van der Waals surface area contributed by atoms with Gasteiger partial charge in [-0.3, -0.25) is 4.68 Å². The van der Waals surface area contributed by atoms with Crippen molar-refractivity contribution in [3.8, 4) is 0 Å². The summed E-state index contributed by atoms with van der Waals surface area (Å²) >= 11 is 0. The average Bonchev–Trinajstić information content (AvgIpc) is 3.29. The number of anilines is 2. The van der Waals surface area contributed by atoms with Gasteiger partial charge in [0.1, 0.15) is 5.82 Å². The lowest BCUT2D eigenvalue weighted by Gasteiger charge is -2.33. The van der Waals surface area contributed by atoms with Crippen molar-refractivity contribution in [2.75, 3.05) is 23.7 Å². The highest BCUT2D eigenvalue weighted by molar-refractivity contribution is 5.36. The summed E-state index contributed by atoms with van der Waals surface area (Å²) in [5, 5.41) is 4.45. The Hall–Kier alpha value is -2.18. The second-order valence-corrected chi connectivity index (χ2v) is 6.37. The summed E-state index contributed by atoms with van der Waals surface area (Å²) in [6.45, 7) is 3.90. The van der Waals surface area contributed by atoms with Gasteiger partial charge in [-0.05, 0) is 38.2 Å². The summed E-state index contributed by atoms with van der Waals surface area (Å²) in [4.78, 5) is 15.5. The molecule has 1 saturated carbocycles. The molecule has 1 saturated heterocycles. The molecule has 0 radical (unpaired) electrons. The minimum atomic E-state index is 0.337. The highest BCUT2D eigenvalue weighted by atomic mass is 15.3. The van der Waals surface area contributed by atoms with Crippen LogP contribution in [0.1, 0.15) is 49.0 Å². The minimum absolute atomic E-state index is 0.337. The van der Waals surface area contributed by atoms with Crippen LogP contribution in [-0.2, 0) is 0 Å². The van der Waals surface area contributed by atoms with Crippen molar-refractivity contribution in [1.82, 2.24) is 24.7 Å². The normalized spacial score (nSPS) is 22.0. The zero-order valence-electron chi connectivity index (χ0n) is 12.8. The number of nitrogen functional groups attached to an aromatic ring is 1. The first-order chi connectivity index (χ1) is 10.7. The minimum Gasteiger partial charge on any atom is -0.368 e. The van der Waals surface area contributed by atoms with Gasteiger partial charge < -0.3 is 10.6 Å². The lowest BCUT2D eigenvalue weighted by Crippen LogP contribution is -2.38. The first kappa shape index (κ1) is 13.5. The summed E-state index contributed by atoms with van der Waals surface area (Å²) in [6.07, 6.45) is 8.58. The summed E-state index contributed by atoms with van der Waals surface area (Å²) in [5.74, 6) is 2.41. The molecule has 0 amide bonds. The maximum absolute atomic E-state index is 5.87. The maximum atomic E-state index is 5.87. The molecule has 2 aliphatic rings. The van der Waals surface area contributed by atoms with Gasteiger partial charge in [0.15, 0.2) is 0 Å². The standard InChI is InChI=1S/C15H21N7/c1-10-7-17-22(8-10)12-3-2-6-21(9-12)15-19-13(11-4-5-11)18-14(16)20-15/h7-8,11-12H,2-6,9H2,1H3,(H2,16,18,19,20). The van der Waals surface area contributed by atoms with E-state index in [2.05, 4.69) is 42.8 Å². The van der Waals surface area contributed by atoms with Crippen LogP contribution in [0.5, 0.6) is 0 Å². The predicted molar refractivity (Wildman–Crippen MR) is 83.7 cm³/mol. The van der Waals surface area contributed by atoms with E-state index in [9.17, 15) is 0 Å². The van der Waals surface area contributed by atoms with Gasteiger partial charge in [-0.1, -0.05) is 0 Å². The summed E-state index contributed by atoms with van der Waals surface area (Å²) in [7, 11) is 0. The van der Waals surface area contributed by atoms with Gasteiger partial charge in [0, 0.05) is 25.2 Å². The van der Waals surface area contributed by atoms with E-state index in [0.29, 0.717) is 17.9 Å². The van der Waals surface area contributed by atoms with E-state index in [1.807, 2.05) is 6.20 Å². The Morgan fingerprint density at radius 2 is 2.05 bits per heavy atom. The number of aromatic nitrogens is 5. The van der Waals surface area contributed by atoms with Crippen LogP contribution < -0.4 is 10.6 Å². The zero-order valence-corrected chi connectivity index (χ0v) is 12.8. The van der Waals surface area contributed by atoms with Gasteiger partial charge in [0.2, 0.25) is 11.9 Å². The summed E-state index contributed by atoms with van der Waals surface area (Å²) < 4.78 is 2.06. The van der Waals surface area contributed by atoms with Crippen molar-refractivity contribution in [2.24, 2.45) is 0 Å². The molecule has 7 nitrogen and oxygen atoms in total. The highest BCUT2D eigenvalue weighted by Gasteiger charge is 2.29. The molecule has 2 aromatic heterocycles. The molecule has 1 atom stereocenters. The lowest BCUT2D eigenvalue weighted by molar-refractivity contribution is 0.373. The largest absolute Gasteiger partial charge is 0.368 e. The molecule has 0 bridgehead atoms. The molecular formula is C15H21N7. The van der Waals surface area contributed by atoms with Crippen LogP contribution in [0, 0.1) is 6.92 Å². The van der Waals surface area contributed by atoms with Gasteiger partial charge in [0.05, 0.1) is 12.2 Å². The molecule has 1 aliphatic heterocycles. The van der Waals surface area contributed by atoms with Crippen molar-refractivity contribution >= 4 is 11.9 Å². The number of aryl methyl sites for hydroxylation is 1. The van der Waals surface area contributed by atoms with E-state index in [0.717, 1.165) is 50.5 Å². The number of nitrogens with zero attached hydrogens (tertiary/aromatic N) is 6. The van der Waals surface area contributed by atoms with Crippen LogP contribution in [0.25, 0.3) is 0 Å². The summed E-state index contributed by atoms with van der Waals surface area (Å²) in [6, 6.07) is 0.366. The topological polar surface area (TPSA) is 85.8 Å². The van der Waals surface area contributed by atoms with E-state index in [4.69, 9.17) is 5.73 Å². The molecule has 0 aromatic carbocycles. The predicted octanol–water partition coefficient (Wildman–Crippen LogP) is 1.68. The molecule has 2 N–H and O–H groups in total. The molecule has 22 heavy (non-hydrogen) atoms. The third-order valence-electron chi connectivity index (χ3n) is 4.38. The lowest BCUT2D eigenvalue weighted by atomic mass is 10.1. The first-order valence-corrected chi connectivity index (χ1v) is 7.96. The molecule has 7 heteroatoms.